The lowest BCUT2D eigenvalue weighted by molar-refractivity contribution is -0.177. The number of fused-ring (bicyclic) bond motifs is 6. The van der Waals surface area contributed by atoms with Gasteiger partial charge in [-0.3, -0.25) is 9.59 Å². The number of anilines is 2. The van der Waals surface area contributed by atoms with E-state index in [-0.39, 0.29) is 25.9 Å². The zero-order valence-corrected chi connectivity index (χ0v) is 49.8. The third-order valence-electron chi connectivity index (χ3n) is 10.7. The number of carbonyl (C=O) groups is 6. The summed E-state index contributed by atoms with van der Waals surface area (Å²) in [6, 6.07) is 15.3. The molecular weight excluding hydrogens is 1130 g/mol. The minimum Gasteiger partial charge on any atom is -0.479 e. The van der Waals surface area contributed by atoms with E-state index < -0.39 is 80.4 Å². The van der Waals surface area contributed by atoms with Gasteiger partial charge in [0.15, 0.2) is 30.5 Å². The zero-order chi connectivity index (χ0) is 61.9. The van der Waals surface area contributed by atoms with Crippen LogP contribution in [0.3, 0.4) is 0 Å². The number of aromatic nitrogens is 6. The van der Waals surface area contributed by atoms with Crippen molar-refractivity contribution in [3.05, 3.63) is 60.2 Å². The van der Waals surface area contributed by atoms with E-state index in [9.17, 15) is 45.6 Å². The molecule has 0 bridgehead atoms. The molecule has 4 aromatic heterocycles. The normalized spacial score (nSPS) is 12.3. The number of carboxylic acids is 1. The summed E-state index contributed by atoms with van der Waals surface area (Å²) in [6.45, 7) is 19.1. The summed E-state index contributed by atoms with van der Waals surface area (Å²) in [5, 5.41) is 21.3. The number of carbonyl (C=O) groups excluding carboxylic acids is 5. The Bertz CT molecular complexity index is 3460. The lowest BCUT2D eigenvalue weighted by Gasteiger charge is -2.27. The maximum Gasteiger partial charge on any atom is 0.347 e. The number of aliphatic hydroxyl groups is 1. The van der Waals surface area contributed by atoms with Crippen LogP contribution in [-0.4, -0.2) is 161 Å². The summed E-state index contributed by atoms with van der Waals surface area (Å²) < 4.78 is 85.4. The lowest BCUT2D eigenvalue weighted by atomic mass is 10.1. The molecule has 460 valence electrons. The Balaban J connectivity index is 0.000000411. The number of imidazole rings is 2. The summed E-state index contributed by atoms with van der Waals surface area (Å²) in [7, 11) is -6.79. The van der Waals surface area contributed by atoms with E-state index >= 15 is 0 Å². The van der Waals surface area contributed by atoms with Crippen molar-refractivity contribution in [2.45, 2.75) is 133 Å². The van der Waals surface area contributed by atoms with Gasteiger partial charge in [-0.25, -0.2) is 65.4 Å². The van der Waals surface area contributed by atoms with Crippen LogP contribution in [0.25, 0.3) is 43.9 Å². The number of para-hydroxylation sites is 2. The molecule has 2 unspecified atom stereocenters. The Morgan fingerprint density at radius 1 is 0.663 bits per heavy atom. The molecule has 30 heteroatoms. The van der Waals surface area contributed by atoms with Crippen LogP contribution in [0.1, 0.15) is 95.2 Å². The molecule has 83 heavy (non-hydrogen) atoms. The first-order valence-electron chi connectivity index (χ1n) is 25.4. The van der Waals surface area contributed by atoms with E-state index in [1.807, 2.05) is 99.2 Å². The molecule has 0 spiro atoms. The number of carboxylic acid groups (broad SMARTS) is 1. The number of benzene rings is 2. The summed E-state index contributed by atoms with van der Waals surface area (Å²) in [4.78, 5) is 83.3. The molecule has 28 nitrogen and oxygen atoms in total. The molecule has 0 saturated heterocycles. The van der Waals surface area contributed by atoms with Crippen LogP contribution in [-0.2, 0) is 104 Å². The summed E-state index contributed by atoms with van der Waals surface area (Å²) >= 11 is 0. The maximum atomic E-state index is 11.9. The minimum atomic E-state index is -3.42. The van der Waals surface area contributed by atoms with Gasteiger partial charge in [-0.1, -0.05) is 43.8 Å². The molecule has 0 aliphatic heterocycles. The van der Waals surface area contributed by atoms with Crippen molar-refractivity contribution in [2.75, 3.05) is 56.6 Å². The van der Waals surface area contributed by atoms with E-state index in [1.54, 1.807) is 6.92 Å². The minimum absolute atomic E-state index is 0. The van der Waals surface area contributed by atoms with E-state index in [0.29, 0.717) is 79.4 Å². The largest absolute Gasteiger partial charge is 0.479 e. The van der Waals surface area contributed by atoms with Crippen LogP contribution in [0.2, 0.25) is 0 Å². The Kier molecular flexibility index (Phi) is 27.5. The van der Waals surface area contributed by atoms with Crippen molar-refractivity contribution in [2.24, 2.45) is 0 Å². The Morgan fingerprint density at radius 3 is 1.53 bits per heavy atom. The molecule has 6 rings (SSSR count). The molecule has 7 N–H and O–H groups in total. The summed E-state index contributed by atoms with van der Waals surface area (Å²) in [5.74, 6) is -2.89. The second kappa shape index (κ2) is 31.8. The number of pyridine rings is 2. The van der Waals surface area contributed by atoms with Crippen molar-refractivity contribution in [3.8, 4) is 0 Å². The molecule has 2 atom stereocenters. The van der Waals surface area contributed by atoms with Gasteiger partial charge in [-0.15, -0.1) is 0 Å². The molecule has 1 amide bonds. The summed E-state index contributed by atoms with van der Waals surface area (Å²) in [5.41, 5.74) is 8.83. The first kappa shape index (κ1) is 71.6. The number of hydrogen-bond acceptors (Lipinski definition) is 22. The monoisotopic (exact) mass is 1210 g/mol. The number of nitrogens with one attached hydrogen (secondary N) is 3. The van der Waals surface area contributed by atoms with E-state index in [4.69, 9.17) is 30.4 Å². The molecular formula is C53H78N10O18S2. The third-order valence-corrected chi connectivity index (χ3v) is 12.5. The van der Waals surface area contributed by atoms with Crippen LogP contribution >= 0.6 is 0 Å². The number of rotatable bonds is 23. The van der Waals surface area contributed by atoms with Crippen LogP contribution in [0, 0.1) is 0 Å². The second-order valence-corrected chi connectivity index (χ2v) is 22.9. The number of aliphatic carboxylic acids is 1. The number of sulfonamides is 2. The maximum absolute atomic E-state index is 11.9. The smallest absolute Gasteiger partial charge is 0.347 e. The van der Waals surface area contributed by atoms with Gasteiger partial charge in [0, 0.05) is 62.0 Å². The summed E-state index contributed by atoms with van der Waals surface area (Å²) in [6.07, 6.45) is -0.432. The molecule has 0 fully saturated rings. The van der Waals surface area contributed by atoms with Gasteiger partial charge in [0.05, 0.1) is 41.2 Å². The van der Waals surface area contributed by atoms with E-state index in [1.165, 1.54) is 20.8 Å². The SMILES string of the molecule is C.CC(OC(=O)C(C)OC(=O)COC(=O)CO)C(=O)O.CCOC(C)=O.CCOCc1nc2c(N)nc3ccccc3c2n1CC(C)(C)NS(C)(=O)=O.CCOCc1nc2c(NC(C)=O)nc3ccccc3c2n1CC(C)(C)NS(C)(=O)=O. The average molecular weight is 1210 g/mol. The Hall–Kier alpha value is -7.48. The fraction of sp³-hybridized carbons (Fsp3) is 0.509. The Labute approximate surface area is 482 Å². The zero-order valence-electron chi connectivity index (χ0n) is 48.1. The standard InChI is InChI=1S/C20H27N5O4S.C18H25N5O3S.C10H14O9.C4H8O2.CH4/c1-6-29-11-16-23-17-18(25(16)12-20(3,4)24-30(5,27)28)14-9-7-8-10-15(14)22-19(17)21-13(2)26;1-5-26-10-14-21-15-16(12-8-6-7-9-13(12)20-17(15)19)23(14)11-18(2,3)22-27(4,24)25;1-5(9(14)15)19-10(16)6(2)18-8(13)4-17-7(12)3-11;1-3-6-4(2)5;/h7-10,24H,6,11-12H2,1-5H3,(H,21,22,26);6-9,22H,5,10-11H2,1-4H3,(H2,19,20);5-6,11H,3-4H2,1-2H3,(H,14,15);3H2,1-2H3;1H4. The van der Waals surface area contributed by atoms with Crippen LogP contribution in [0.15, 0.2) is 48.5 Å². The fourth-order valence-electron chi connectivity index (χ4n) is 7.84. The van der Waals surface area contributed by atoms with Crippen LogP contribution < -0.4 is 20.5 Å². The third kappa shape index (κ3) is 23.0. The van der Waals surface area contributed by atoms with Gasteiger partial charge in [0.1, 0.15) is 42.5 Å². The van der Waals surface area contributed by atoms with Crippen molar-refractivity contribution < 1.29 is 84.2 Å². The van der Waals surface area contributed by atoms with E-state index in [0.717, 1.165) is 46.8 Å². The van der Waals surface area contributed by atoms with Gasteiger partial charge in [-0.05, 0) is 74.4 Å². The second-order valence-electron chi connectivity index (χ2n) is 19.4. The van der Waals surface area contributed by atoms with Crippen molar-refractivity contribution in [1.29, 1.82) is 0 Å². The topological polar surface area (TPSA) is 390 Å². The highest BCUT2D eigenvalue weighted by Gasteiger charge is 2.30. The highest BCUT2D eigenvalue weighted by molar-refractivity contribution is 7.89. The molecule has 0 aliphatic carbocycles. The van der Waals surface area contributed by atoms with Gasteiger partial charge in [0.2, 0.25) is 26.0 Å². The molecule has 0 saturated carbocycles. The predicted octanol–water partition coefficient (Wildman–Crippen LogP) is 4.11. The molecule has 2 aromatic carbocycles. The number of nitrogens with zero attached hydrogens (tertiary/aromatic N) is 6. The number of nitrogens with two attached hydrogens (primary N) is 1. The number of hydrogen-bond donors (Lipinski definition) is 6. The number of amides is 1. The van der Waals surface area contributed by atoms with Crippen molar-refractivity contribution in [1.82, 2.24) is 38.5 Å². The van der Waals surface area contributed by atoms with Gasteiger partial charge in [0.25, 0.3) is 0 Å². The molecule has 6 aromatic rings. The lowest BCUT2D eigenvalue weighted by Crippen LogP contribution is -2.46. The van der Waals surface area contributed by atoms with Gasteiger partial charge >= 0.3 is 29.8 Å². The number of ether oxygens (including phenoxy) is 6. The fourth-order valence-corrected chi connectivity index (χ4v) is 9.97. The van der Waals surface area contributed by atoms with Crippen molar-refractivity contribution in [3.63, 3.8) is 0 Å². The average Bonchev–Trinajstić information content (AvgIpc) is 2.90. The Morgan fingerprint density at radius 2 is 1.12 bits per heavy atom. The molecule has 4 heterocycles. The first-order chi connectivity index (χ1) is 38.2. The number of nitrogen functional groups attached to an aromatic ring is 1. The predicted molar refractivity (Wildman–Crippen MR) is 309 cm³/mol. The van der Waals surface area contributed by atoms with Gasteiger partial charge in [-0.2, -0.15) is 0 Å². The van der Waals surface area contributed by atoms with E-state index in [2.05, 4.69) is 48.7 Å². The molecule has 0 aliphatic rings. The quantitative estimate of drug-likeness (QED) is 0.0388. The van der Waals surface area contributed by atoms with Crippen LogP contribution in [0.4, 0.5) is 11.6 Å². The highest BCUT2D eigenvalue weighted by Crippen LogP contribution is 2.33. The first-order valence-corrected chi connectivity index (χ1v) is 29.2. The van der Waals surface area contributed by atoms with Gasteiger partial charge < -0.3 is 58.8 Å². The number of aliphatic hydroxyl groups excluding tert-OH is 1. The molecule has 0 radical (unpaired) electrons. The van der Waals surface area contributed by atoms with Crippen LogP contribution in [0.5, 0.6) is 0 Å². The number of esters is 4. The van der Waals surface area contributed by atoms with Crippen molar-refractivity contribution >= 4 is 111 Å². The highest BCUT2D eigenvalue weighted by atomic mass is 32.2.